The molecule has 0 amide bonds. The van der Waals surface area contributed by atoms with Crippen LogP contribution in [0, 0.1) is 11.8 Å². The molecular weight excluding hydrogens is 196 g/mol. The second-order valence-electron chi connectivity index (χ2n) is 3.78. The van der Waals surface area contributed by atoms with Crippen molar-refractivity contribution in [2.24, 2.45) is 11.8 Å². The molecule has 88 valence electrons. The zero-order valence-corrected chi connectivity index (χ0v) is 10.0. The minimum Gasteiger partial charge on any atom is -0.481 e. The Hall–Kier alpha value is -1.19. The van der Waals surface area contributed by atoms with Crippen LogP contribution in [0.25, 0.3) is 0 Å². The molecule has 4 heteroatoms. The first-order valence-corrected chi connectivity index (χ1v) is 4.94. The van der Waals surface area contributed by atoms with Gasteiger partial charge >= 0.3 is 5.97 Å². The van der Waals surface area contributed by atoms with Crippen LogP contribution in [0.1, 0.15) is 27.2 Å². The van der Waals surface area contributed by atoms with Crippen molar-refractivity contribution >= 4 is 5.97 Å². The van der Waals surface area contributed by atoms with E-state index in [0.717, 1.165) is 5.57 Å². The average Bonchev–Trinajstić information content (AvgIpc) is 2.25. The van der Waals surface area contributed by atoms with Crippen molar-refractivity contribution in [1.29, 1.82) is 0 Å². The molecule has 4 nitrogen and oxygen atoms in total. The van der Waals surface area contributed by atoms with Crippen LogP contribution >= 0.6 is 0 Å². The zero-order chi connectivity index (χ0) is 12.0. The van der Waals surface area contributed by atoms with E-state index in [1.54, 1.807) is 6.92 Å². The molecule has 2 unspecified atom stereocenters. The van der Waals surface area contributed by atoms with Crippen molar-refractivity contribution in [3.8, 4) is 0 Å². The van der Waals surface area contributed by atoms with Crippen LogP contribution in [0.2, 0.25) is 0 Å². The summed E-state index contributed by atoms with van der Waals surface area (Å²) in [5, 5.41) is 9.29. The van der Waals surface area contributed by atoms with Crippen molar-refractivity contribution in [2.45, 2.75) is 27.2 Å². The Kier molecular flexibility index (Phi) is 5.82. The summed E-state index contributed by atoms with van der Waals surface area (Å²) >= 11 is 0. The fourth-order valence-electron chi connectivity index (χ4n) is 1.34. The number of aliphatic hydroxyl groups is 1. The van der Waals surface area contributed by atoms with Gasteiger partial charge in [-0.2, -0.15) is 0 Å². The Balaban J connectivity index is 4.37. The molecule has 0 spiro atoms. The number of allylic oxidation sites excluding steroid dienone is 1. The van der Waals surface area contributed by atoms with Crippen LogP contribution in [0.4, 0.5) is 0 Å². The van der Waals surface area contributed by atoms with Crippen molar-refractivity contribution in [1.82, 2.24) is 0 Å². The van der Waals surface area contributed by atoms with Gasteiger partial charge in [0.1, 0.15) is 0 Å². The zero-order valence-electron chi connectivity index (χ0n) is 10.0. The molecule has 0 saturated heterocycles. The molecule has 2 atom stereocenters. The van der Waals surface area contributed by atoms with Crippen molar-refractivity contribution in [2.75, 3.05) is 14.2 Å². The molecule has 0 rings (SSSR count). The highest BCUT2D eigenvalue weighted by Gasteiger charge is 2.21. The van der Waals surface area contributed by atoms with Crippen molar-refractivity contribution in [3.63, 3.8) is 0 Å². The quantitative estimate of drug-likeness (QED) is 0.565. The standard InChI is InChI=1S/C11H20O4/c1-7(9(3)11(13)15-5)6-8(2)10(12)14-4/h7,9,12H,6H2,1-5H3/b10-8-. The van der Waals surface area contributed by atoms with E-state index < -0.39 is 0 Å². The van der Waals surface area contributed by atoms with Crippen LogP contribution in [0.15, 0.2) is 11.5 Å². The van der Waals surface area contributed by atoms with Crippen molar-refractivity contribution in [3.05, 3.63) is 11.5 Å². The molecule has 0 aromatic rings. The second kappa shape index (κ2) is 6.32. The van der Waals surface area contributed by atoms with Gasteiger partial charge in [0.2, 0.25) is 0 Å². The fourth-order valence-corrected chi connectivity index (χ4v) is 1.34. The van der Waals surface area contributed by atoms with E-state index in [0.29, 0.717) is 6.42 Å². The summed E-state index contributed by atoms with van der Waals surface area (Å²) in [6.45, 7) is 5.53. The first kappa shape index (κ1) is 13.8. The van der Waals surface area contributed by atoms with Gasteiger partial charge in [-0.05, 0) is 19.3 Å². The highest BCUT2D eigenvalue weighted by Crippen LogP contribution is 2.22. The number of rotatable bonds is 5. The molecule has 0 fully saturated rings. The summed E-state index contributed by atoms with van der Waals surface area (Å²) in [6.07, 6.45) is 0.607. The molecule has 0 aromatic carbocycles. The number of methoxy groups -OCH3 is 2. The topological polar surface area (TPSA) is 55.8 Å². The summed E-state index contributed by atoms with van der Waals surface area (Å²) < 4.78 is 9.35. The molecule has 0 saturated carbocycles. The molecule has 0 aromatic heterocycles. The highest BCUT2D eigenvalue weighted by atomic mass is 16.6. The van der Waals surface area contributed by atoms with Gasteiger partial charge in [0.05, 0.1) is 20.1 Å². The molecule has 0 radical (unpaired) electrons. The highest BCUT2D eigenvalue weighted by molar-refractivity contribution is 5.72. The SMILES string of the molecule is COC(=O)C(C)C(C)C/C(C)=C(/O)OC. The molecule has 0 aliphatic heterocycles. The summed E-state index contributed by atoms with van der Waals surface area (Å²) in [6, 6.07) is 0. The summed E-state index contributed by atoms with van der Waals surface area (Å²) in [4.78, 5) is 11.2. The van der Waals surface area contributed by atoms with Crippen LogP contribution in [0.5, 0.6) is 0 Å². The van der Waals surface area contributed by atoms with Gasteiger partial charge < -0.3 is 14.6 Å². The molecule has 0 aliphatic rings. The number of carbonyl (C=O) groups is 1. The smallest absolute Gasteiger partial charge is 0.308 e. The molecule has 15 heavy (non-hydrogen) atoms. The van der Waals surface area contributed by atoms with Crippen molar-refractivity contribution < 1.29 is 19.4 Å². The minimum absolute atomic E-state index is 0.0704. The maximum absolute atomic E-state index is 11.2. The number of carbonyl (C=O) groups excluding carboxylic acids is 1. The van der Waals surface area contributed by atoms with Gasteiger partial charge in [0.25, 0.3) is 5.95 Å². The van der Waals surface area contributed by atoms with Gasteiger partial charge in [-0.1, -0.05) is 13.8 Å². The lowest BCUT2D eigenvalue weighted by molar-refractivity contribution is -0.146. The van der Waals surface area contributed by atoms with Crippen LogP contribution in [-0.2, 0) is 14.3 Å². The molecular formula is C11H20O4. The first-order chi connectivity index (χ1) is 6.93. The second-order valence-corrected chi connectivity index (χ2v) is 3.78. The third-order valence-electron chi connectivity index (χ3n) is 2.61. The van der Waals surface area contributed by atoms with Crippen LogP contribution in [-0.4, -0.2) is 25.3 Å². The Morgan fingerprint density at radius 1 is 1.27 bits per heavy atom. The normalized spacial score (nSPS) is 16.3. The molecule has 0 bridgehead atoms. The molecule has 1 N–H and O–H groups in total. The van der Waals surface area contributed by atoms with Crippen LogP contribution < -0.4 is 0 Å². The number of hydrogen-bond donors (Lipinski definition) is 1. The van der Waals surface area contributed by atoms with Gasteiger partial charge in [-0.25, -0.2) is 0 Å². The number of hydrogen-bond acceptors (Lipinski definition) is 4. The molecule has 0 aliphatic carbocycles. The Morgan fingerprint density at radius 3 is 2.20 bits per heavy atom. The Bertz CT molecular complexity index is 245. The van der Waals surface area contributed by atoms with E-state index in [1.165, 1.54) is 14.2 Å². The third kappa shape index (κ3) is 4.23. The van der Waals surface area contributed by atoms with Gasteiger partial charge in [0.15, 0.2) is 0 Å². The van der Waals surface area contributed by atoms with E-state index in [9.17, 15) is 9.90 Å². The van der Waals surface area contributed by atoms with E-state index >= 15 is 0 Å². The lowest BCUT2D eigenvalue weighted by Gasteiger charge is -2.18. The molecule has 0 heterocycles. The largest absolute Gasteiger partial charge is 0.481 e. The lowest BCUT2D eigenvalue weighted by atomic mass is 9.90. The number of aliphatic hydroxyl groups excluding tert-OH is 1. The van der Waals surface area contributed by atoms with E-state index in [1.807, 2.05) is 13.8 Å². The van der Waals surface area contributed by atoms with E-state index in [4.69, 9.17) is 4.74 Å². The number of esters is 1. The minimum atomic E-state index is -0.229. The van der Waals surface area contributed by atoms with Gasteiger partial charge in [-0.3, -0.25) is 4.79 Å². The lowest BCUT2D eigenvalue weighted by Crippen LogP contribution is -2.20. The fraction of sp³-hybridized carbons (Fsp3) is 0.727. The summed E-state index contributed by atoms with van der Waals surface area (Å²) in [7, 11) is 2.79. The van der Waals surface area contributed by atoms with E-state index in [2.05, 4.69) is 4.74 Å². The van der Waals surface area contributed by atoms with Gasteiger partial charge in [-0.15, -0.1) is 0 Å². The maximum atomic E-state index is 11.2. The maximum Gasteiger partial charge on any atom is 0.308 e. The van der Waals surface area contributed by atoms with Crippen LogP contribution in [0.3, 0.4) is 0 Å². The predicted octanol–water partition coefficient (Wildman–Crippen LogP) is 2.26. The van der Waals surface area contributed by atoms with E-state index in [-0.39, 0.29) is 23.8 Å². The monoisotopic (exact) mass is 216 g/mol. The predicted molar refractivity (Wildman–Crippen MR) is 57.3 cm³/mol. The average molecular weight is 216 g/mol. The Labute approximate surface area is 90.9 Å². The third-order valence-corrected chi connectivity index (χ3v) is 2.61. The number of ether oxygens (including phenoxy) is 2. The van der Waals surface area contributed by atoms with Gasteiger partial charge in [0, 0.05) is 5.57 Å². The summed E-state index contributed by atoms with van der Waals surface area (Å²) in [5.74, 6) is -0.379. The Morgan fingerprint density at radius 2 is 1.80 bits per heavy atom. The summed E-state index contributed by atoms with van der Waals surface area (Å²) in [5.41, 5.74) is 0.737. The first-order valence-electron chi connectivity index (χ1n) is 4.94.